The molecule has 0 N–H and O–H groups in total. The average Bonchev–Trinajstić information content (AvgIpc) is 1.62. The van der Waals surface area contributed by atoms with Crippen molar-refractivity contribution in [3.63, 3.8) is 0 Å². The van der Waals surface area contributed by atoms with E-state index in [-0.39, 0.29) is 43.4 Å². The van der Waals surface area contributed by atoms with E-state index in [4.69, 9.17) is 0 Å². The van der Waals surface area contributed by atoms with Crippen LogP contribution < -0.4 is 0 Å². The minimum atomic E-state index is 0. The maximum atomic E-state index is 3.77. The van der Waals surface area contributed by atoms with Crippen molar-refractivity contribution < 1.29 is 21.7 Å². The largest absolute Gasteiger partial charge is 4.00 e. The van der Waals surface area contributed by atoms with Crippen molar-refractivity contribution in [2.24, 2.45) is 21.7 Å². The van der Waals surface area contributed by atoms with E-state index in [9.17, 15) is 0 Å². The normalized spacial score (nSPS) is 11.4. The summed E-state index contributed by atoms with van der Waals surface area (Å²) in [5.74, 6) is 0. The van der Waals surface area contributed by atoms with E-state index in [0.29, 0.717) is 0 Å². The van der Waals surface area contributed by atoms with Gasteiger partial charge in [0, 0.05) is 0 Å². The molecule has 21 heavy (non-hydrogen) atoms. The first-order valence-electron chi connectivity index (χ1n) is 7.41. The van der Waals surface area contributed by atoms with Crippen LogP contribution in [0.2, 0.25) is 0 Å². The zero-order chi connectivity index (χ0) is 18.0. The van der Waals surface area contributed by atoms with E-state index < -0.39 is 0 Å². The number of hydrogen-bond donors (Lipinski definition) is 0. The maximum absolute atomic E-state index is 3.77. The molecule has 0 spiro atoms. The summed E-state index contributed by atoms with van der Waals surface area (Å²) in [7, 11) is 0. The Balaban J connectivity index is -0.0000000533. The fraction of sp³-hybridized carbons (Fsp3) is 0.800. The van der Waals surface area contributed by atoms with Crippen LogP contribution in [0.3, 0.4) is 0 Å². The van der Waals surface area contributed by atoms with E-state index >= 15 is 0 Å². The molecule has 0 saturated heterocycles. The molecule has 0 aromatic rings. The summed E-state index contributed by atoms with van der Waals surface area (Å²) >= 11 is 0. The predicted molar refractivity (Wildman–Crippen MR) is 99.2 cm³/mol. The summed E-state index contributed by atoms with van der Waals surface area (Å²) in [4.78, 5) is 0. The molecule has 0 fully saturated rings. The van der Waals surface area contributed by atoms with Crippen LogP contribution in [-0.4, -0.2) is 0 Å². The second-order valence-corrected chi connectivity index (χ2v) is 10.2. The van der Waals surface area contributed by atoms with Gasteiger partial charge < -0.3 is 27.7 Å². The molecular formula is C20H44Ti. The fourth-order valence-electron chi connectivity index (χ4n) is 0. The minimum Gasteiger partial charge on any atom is -0.338 e. The van der Waals surface area contributed by atoms with Crippen molar-refractivity contribution in [1.29, 1.82) is 0 Å². The van der Waals surface area contributed by atoms with Gasteiger partial charge in [-0.15, -0.1) is 0 Å². The second kappa shape index (κ2) is 13.2. The minimum absolute atomic E-state index is 0. The third-order valence-corrected chi connectivity index (χ3v) is 0. The van der Waals surface area contributed by atoms with E-state index in [1.165, 1.54) is 0 Å². The van der Waals surface area contributed by atoms with Crippen molar-refractivity contribution in [2.45, 2.75) is 83.1 Å². The molecule has 0 amide bonds. The van der Waals surface area contributed by atoms with Gasteiger partial charge in [0.1, 0.15) is 0 Å². The SMILES string of the molecule is [CH2-]C(C)(C)C.[CH2-]C(C)(C)C.[CH2-]C(C)(C)C.[CH2-]C(C)(C)C.[Ti+4]. The van der Waals surface area contributed by atoms with Crippen LogP contribution in [0.4, 0.5) is 0 Å². The van der Waals surface area contributed by atoms with Crippen LogP contribution in [0.25, 0.3) is 0 Å². The molecule has 0 saturated carbocycles. The van der Waals surface area contributed by atoms with E-state index in [1.807, 2.05) is 0 Å². The zero-order valence-electron chi connectivity index (χ0n) is 17.3. The Bertz CT molecular complexity index is 116. The van der Waals surface area contributed by atoms with Gasteiger partial charge in [-0.05, 0) is 0 Å². The van der Waals surface area contributed by atoms with Crippen LogP contribution >= 0.6 is 0 Å². The van der Waals surface area contributed by atoms with Gasteiger partial charge in [-0.1, -0.05) is 83.1 Å². The number of rotatable bonds is 0. The number of hydrogen-bond acceptors (Lipinski definition) is 0. The van der Waals surface area contributed by atoms with Crippen molar-refractivity contribution in [2.75, 3.05) is 0 Å². The molecule has 0 aliphatic heterocycles. The predicted octanol–water partition coefficient (Wildman–Crippen LogP) is 7.46. The smallest absolute Gasteiger partial charge is 0.338 e. The fourth-order valence-corrected chi connectivity index (χ4v) is 0. The molecule has 0 aromatic heterocycles. The molecule has 0 bridgehead atoms. The molecule has 0 aliphatic carbocycles. The van der Waals surface area contributed by atoms with Crippen molar-refractivity contribution in [3.8, 4) is 0 Å². The average molecular weight is 332 g/mol. The Morgan fingerprint density at radius 2 is 0.333 bits per heavy atom. The molecule has 0 heterocycles. The van der Waals surface area contributed by atoms with E-state index in [0.717, 1.165) is 0 Å². The van der Waals surface area contributed by atoms with Gasteiger partial charge >= 0.3 is 21.7 Å². The van der Waals surface area contributed by atoms with Gasteiger partial charge in [0.05, 0.1) is 0 Å². The van der Waals surface area contributed by atoms with Gasteiger partial charge in [0.25, 0.3) is 0 Å². The molecule has 0 aliphatic rings. The summed E-state index contributed by atoms with van der Waals surface area (Å²) in [5, 5.41) is 0. The Morgan fingerprint density at radius 3 is 0.333 bits per heavy atom. The summed E-state index contributed by atoms with van der Waals surface area (Å²) in [6.07, 6.45) is 0. The van der Waals surface area contributed by atoms with Crippen molar-refractivity contribution >= 4 is 0 Å². The van der Waals surface area contributed by atoms with Crippen molar-refractivity contribution in [3.05, 3.63) is 27.7 Å². The molecule has 128 valence electrons. The first kappa shape index (κ1) is 33.4. The molecular weight excluding hydrogens is 288 g/mol. The Morgan fingerprint density at radius 1 is 0.333 bits per heavy atom. The molecule has 0 atom stereocenters. The Kier molecular flexibility index (Phi) is 20.9. The second-order valence-electron chi connectivity index (χ2n) is 10.2. The molecule has 0 aromatic carbocycles. The molecule has 1 heteroatoms. The Hall–Kier alpha value is 0.714. The third kappa shape index (κ3) is 14200. The van der Waals surface area contributed by atoms with E-state index in [1.54, 1.807) is 0 Å². The summed E-state index contributed by atoms with van der Waals surface area (Å²) < 4.78 is 0. The van der Waals surface area contributed by atoms with Crippen LogP contribution in [0.15, 0.2) is 0 Å². The zero-order valence-corrected chi connectivity index (χ0v) is 18.9. The van der Waals surface area contributed by atoms with E-state index in [2.05, 4.69) is 111 Å². The standard InChI is InChI=1S/4C5H11.Ti/c4*1-5(2,3)4;/h4*1H2,2-4H3;/q4*-1;+4. The van der Waals surface area contributed by atoms with Gasteiger partial charge in [0.15, 0.2) is 0 Å². The molecule has 0 radical (unpaired) electrons. The van der Waals surface area contributed by atoms with Crippen molar-refractivity contribution in [1.82, 2.24) is 0 Å². The summed E-state index contributed by atoms with van der Waals surface area (Å²) in [6, 6.07) is 0. The van der Waals surface area contributed by atoms with Gasteiger partial charge in [0.2, 0.25) is 0 Å². The van der Waals surface area contributed by atoms with Crippen LogP contribution in [-0.2, 0) is 21.7 Å². The van der Waals surface area contributed by atoms with Gasteiger partial charge in [-0.25, -0.2) is 0 Å². The van der Waals surface area contributed by atoms with Crippen LogP contribution in [0.5, 0.6) is 0 Å². The molecule has 0 unspecified atom stereocenters. The van der Waals surface area contributed by atoms with Gasteiger partial charge in [-0.3, -0.25) is 0 Å². The first-order chi connectivity index (χ1) is 8.00. The Labute approximate surface area is 154 Å². The van der Waals surface area contributed by atoms with Gasteiger partial charge in [-0.2, -0.15) is 21.7 Å². The summed E-state index contributed by atoms with van der Waals surface area (Å²) in [6.45, 7) is 40.0. The topological polar surface area (TPSA) is 0 Å². The quantitative estimate of drug-likeness (QED) is 0.319. The summed E-state index contributed by atoms with van der Waals surface area (Å²) in [5.41, 5.74) is 1.00. The van der Waals surface area contributed by atoms with Crippen LogP contribution in [0, 0.1) is 49.4 Å². The molecule has 0 rings (SSSR count). The third-order valence-electron chi connectivity index (χ3n) is 0. The van der Waals surface area contributed by atoms with Crippen LogP contribution in [0.1, 0.15) is 83.1 Å². The maximum Gasteiger partial charge on any atom is 4.00 e. The first-order valence-corrected chi connectivity index (χ1v) is 7.41. The monoisotopic (exact) mass is 332 g/mol. The molecule has 0 nitrogen and oxygen atoms in total.